The second-order valence-electron chi connectivity index (χ2n) is 8.96. The Morgan fingerprint density at radius 2 is 1.91 bits per heavy atom. The number of hydrogen-bond acceptors (Lipinski definition) is 5. The van der Waals surface area contributed by atoms with Crippen LogP contribution in [0.2, 0.25) is 0 Å². The van der Waals surface area contributed by atoms with Gasteiger partial charge in [0.1, 0.15) is 23.1 Å². The van der Waals surface area contributed by atoms with Crippen molar-refractivity contribution in [2.24, 2.45) is 17.6 Å². The van der Waals surface area contributed by atoms with Crippen molar-refractivity contribution in [3.63, 3.8) is 0 Å². The monoisotopic (exact) mass is 508 g/mol. The van der Waals surface area contributed by atoms with Crippen LogP contribution in [0.5, 0.6) is 11.5 Å². The molecule has 172 valence electrons. The van der Waals surface area contributed by atoms with Crippen LogP contribution in [0.3, 0.4) is 0 Å². The minimum absolute atomic E-state index is 0.0505. The second-order valence-corrected chi connectivity index (χ2v) is 9.87. The van der Waals surface area contributed by atoms with E-state index in [-0.39, 0.29) is 23.7 Å². The highest BCUT2D eigenvalue weighted by Crippen LogP contribution is 2.43. The number of allylic oxidation sites excluding steroid dienone is 1. The van der Waals surface area contributed by atoms with E-state index in [0.29, 0.717) is 17.1 Å². The number of nitrogens with two attached hydrogens (primary N) is 1. The van der Waals surface area contributed by atoms with Gasteiger partial charge in [-0.2, -0.15) is 5.26 Å². The third kappa shape index (κ3) is 5.25. The van der Waals surface area contributed by atoms with Crippen molar-refractivity contribution in [2.75, 3.05) is 0 Å². The highest BCUT2D eigenvalue weighted by molar-refractivity contribution is 9.10. The molecule has 1 atom stereocenters. The van der Waals surface area contributed by atoms with Crippen LogP contribution in [0.25, 0.3) is 0 Å². The van der Waals surface area contributed by atoms with E-state index >= 15 is 0 Å². The first kappa shape index (κ1) is 23.4. The number of carbonyl (C=O) groups excluding carboxylic acids is 1. The molecule has 1 fully saturated rings. The number of nitrogens with zero attached hydrogens (tertiary/aromatic N) is 1. The summed E-state index contributed by atoms with van der Waals surface area (Å²) in [5.41, 5.74) is 8.22. The van der Waals surface area contributed by atoms with Gasteiger partial charge in [0.2, 0.25) is 5.88 Å². The Labute approximate surface area is 203 Å². The molecular weight excluding hydrogens is 480 g/mol. The van der Waals surface area contributed by atoms with E-state index < -0.39 is 0 Å². The Kier molecular flexibility index (Phi) is 7.39. The molecule has 6 heteroatoms. The van der Waals surface area contributed by atoms with Crippen LogP contribution in [-0.2, 0) is 4.79 Å². The van der Waals surface area contributed by atoms with Crippen molar-refractivity contribution in [3.05, 3.63) is 69.5 Å². The number of esters is 1. The molecule has 33 heavy (non-hydrogen) atoms. The fourth-order valence-corrected chi connectivity index (χ4v) is 5.14. The third-order valence-corrected chi connectivity index (χ3v) is 7.29. The topological polar surface area (TPSA) is 85.3 Å². The maximum Gasteiger partial charge on any atom is 0.314 e. The maximum absolute atomic E-state index is 12.8. The molecule has 2 aromatic rings. The zero-order chi connectivity index (χ0) is 23.4. The highest BCUT2D eigenvalue weighted by atomic mass is 79.9. The molecule has 5 nitrogen and oxygen atoms in total. The van der Waals surface area contributed by atoms with Gasteiger partial charge in [-0.15, -0.1) is 0 Å². The van der Waals surface area contributed by atoms with E-state index in [2.05, 4.69) is 28.9 Å². The molecule has 1 heterocycles. The Morgan fingerprint density at radius 1 is 1.18 bits per heavy atom. The molecular formula is C27H29BrN2O3. The van der Waals surface area contributed by atoms with Gasteiger partial charge in [0, 0.05) is 16.1 Å². The summed E-state index contributed by atoms with van der Waals surface area (Å²) in [4.78, 5) is 12.8. The van der Waals surface area contributed by atoms with E-state index in [1.807, 2.05) is 30.3 Å². The van der Waals surface area contributed by atoms with Crippen molar-refractivity contribution in [1.29, 1.82) is 5.26 Å². The Hall–Kier alpha value is -2.78. The molecule has 2 aromatic carbocycles. The van der Waals surface area contributed by atoms with Crippen LogP contribution < -0.4 is 15.2 Å². The third-order valence-electron chi connectivity index (χ3n) is 6.76. The van der Waals surface area contributed by atoms with Crippen LogP contribution in [0, 0.1) is 23.2 Å². The number of unbranched alkanes of at least 4 members (excludes halogenated alkanes) is 1. The quantitative estimate of drug-likeness (QED) is 0.352. The Morgan fingerprint density at radius 3 is 2.58 bits per heavy atom. The van der Waals surface area contributed by atoms with Gasteiger partial charge in [-0.25, -0.2) is 0 Å². The first-order valence-electron chi connectivity index (χ1n) is 11.7. The van der Waals surface area contributed by atoms with E-state index in [1.54, 1.807) is 12.1 Å². The fourth-order valence-electron chi connectivity index (χ4n) is 4.88. The number of hydrogen-bond donors (Lipinski definition) is 1. The van der Waals surface area contributed by atoms with Crippen LogP contribution in [0.1, 0.15) is 68.9 Å². The normalized spacial score (nSPS) is 22.2. The summed E-state index contributed by atoms with van der Waals surface area (Å²) in [6, 6.07) is 15.3. The zero-order valence-electron chi connectivity index (χ0n) is 18.9. The SMILES string of the molecule is CCCCC1CCC(C(=O)Oc2ccc3c(c2)OC(N)=C(C#N)C3c2ccc(Br)cc2)CC1. The molecule has 0 aromatic heterocycles. The standard InChI is InChI=1S/C27H29BrN2O3/c1-2-3-4-17-5-7-19(8-6-17)27(31)32-21-13-14-22-24(15-21)33-26(30)23(16-29)25(22)18-9-11-20(28)12-10-18/h9-15,17,19,25H,2-8,30H2,1H3. The zero-order valence-corrected chi connectivity index (χ0v) is 20.4. The van der Waals surface area contributed by atoms with Crippen LogP contribution >= 0.6 is 15.9 Å². The van der Waals surface area contributed by atoms with Gasteiger partial charge in [0.25, 0.3) is 0 Å². The summed E-state index contributed by atoms with van der Waals surface area (Å²) in [6.45, 7) is 2.22. The molecule has 0 spiro atoms. The first-order valence-corrected chi connectivity index (χ1v) is 12.5. The minimum atomic E-state index is -0.338. The maximum atomic E-state index is 12.8. The van der Waals surface area contributed by atoms with E-state index in [9.17, 15) is 10.1 Å². The number of halogens is 1. The summed E-state index contributed by atoms with van der Waals surface area (Å²) in [7, 11) is 0. The number of nitriles is 1. The van der Waals surface area contributed by atoms with Crippen molar-refractivity contribution in [3.8, 4) is 17.6 Å². The second kappa shape index (κ2) is 10.4. The van der Waals surface area contributed by atoms with Gasteiger partial charge in [-0.05, 0) is 55.4 Å². The minimum Gasteiger partial charge on any atom is -0.440 e. The molecule has 1 unspecified atom stereocenters. The summed E-state index contributed by atoms with van der Waals surface area (Å²) in [6.07, 6.45) is 7.73. The van der Waals surface area contributed by atoms with E-state index in [0.717, 1.165) is 47.2 Å². The van der Waals surface area contributed by atoms with Crippen LogP contribution in [0.15, 0.2) is 58.4 Å². The number of fused-ring (bicyclic) bond motifs is 1. The van der Waals surface area contributed by atoms with Gasteiger partial charge in [0.05, 0.1) is 11.8 Å². The molecule has 0 radical (unpaired) electrons. The molecule has 2 aliphatic rings. The van der Waals surface area contributed by atoms with Gasteiger partial charge < -0.3 is 15.2 Å². The van der Waals surface area contributed by atoms with Crippen LogP contribution in [-0.4, -0.2) is 5.97 Å². The van der Waals surface area contributed by atoms with Crippen molar-refractivity contribution in [2.45, 2.75) is 57.8 Å². The first-order chi connectivity index (χ1) is 16.0. The van der Waals surface area contributed by atoms with E-state index in [1.165, 1.54) is 19.3 Å². The number of benzene rings is 2. The molecule has 0 amide bonds. The summed E-state index contributed by atoms with van der Waals surface area (Å²) < 4.78 is 12.5. The smallest absolute Gasteiger partial charge is 0.314 e. The van der Waals surface area contributed by atoms with Gasteiger partial charge in [0.15, 0.2) is 0 Å². The number of ether oxygens (including phenoxy) is 2. The predicted molar refractivity (Wildman–Crippen MR) is 130 cm³/mol. The van der Waals surface area contributed by atoms with Gasteiger partial charge in [-0.1, -0.05) is 60.3 Å². The lowest BCUT2D eigenvalue weighted by molar-refractivity contribution is -0.140. The molecule has 1 aliphatic heterocycles. The lowest BCUT2D eigenvalue weighted by Gasteiger charge is -2.28. The van der Waals surface area contributed by atoms with Crippen LogP contribution in [0.4, 0.5) is 0 Å². The average molecular weight is 509 g/mol. The van der Waals surface area contributed by atoms with Gasteiger partial charge >= 0.3 is 5.97 Å². The number of carbonyl (C=O) groups is 1. The fraction of sp³-hybridized carbons (Fsp3) is 0.407. The number of rotatable bonds is 6. The summed E-state index contributed by atoms with van der Waals surface area (Å²) >= 11 is 3.45. The Balaban J connectivity index is 1.50. The van der Waals surface area contributed by atoms with Crippen molar-refractivity contribution >= 4 is 21.9 Å². The molecule has 2 N–H and O–H groups in total. The molecule has 4 rings (SSSR count). The summed E-state index contributed by atoms with van der Waals surface area (Å²) in [5.74, 6) is 1.20. The largest absolute Gasteiger partial charge is 0.440 e. The highest BCUT2D eigenvalue weighted by Gasteiger charge is 2.32. The molecule has 0 bridgehead atoms. The predicted octanol–water partition coefficient (Wildman–Crippen LogP) is 6.57. The van der Waals surface area contributed by atoms with Crippen molar-refractivity contribution < 1.29 is 14.3 Å². The van der Waals surface area contributed by atoms with E-state index in [4.69, 9.17) is 15.2 Å². The Bertz CT molecular complexity index is 1080. The summed E-state index contributed by atoms with van der Waals surface area (Å²) in [5, 5.41) is 9.71. The van der Waals surface area contributed by atoms with Crippen molar-refractivity contribution in [1.82, 2.24) is 0 Å². The van der Waals surface area contributed by atoms with Gasteiger partial charge in [-0.3, -0.25) is 4.79 Å². The lowest BCUT2D eigenvalue weighted by atomic mass is 9.80. The molecule has 1 aliphatic carbocycles. The lowest BCUT2D eigenvalue weighted by Crippen LogP contribution is -2.26. The molecule has 1 saturated carbocycles. The molecule has 0 saturated heterocycles. The average Bonchev–Trinajstić information content (AvgIpc) is 2.82.